The second-order valence-electron chi connectivity index (χ2n) is 4.87. The highest BCUT2D eigenvalue weighted by Gasteiger charge is 2.41. The molecular weight excluding hydrogens is 224 g/mol. The molecule has 1 saturated carbocycles. The predicted molar refractivity (Wildman–Crippen MR) is 59.6 cm³/mol. The van der Waals surface area contributed by atoms with E-state index in [-0.39, 0.29) is 25.0 Å². The number of aliphatic hydroxyl groups excluding tert-OH is 1. The number of hydrogen-bond donors (Lipinski definition) is 2. The van der Waals surface area contributed by atoms with E-state index in [1.165, 1.54) is 4.90 Å². The van der Waals surface area contributed by atoms with Gasteiger partial charge in [0, 0.05) is 26.1 Å². The molecule has 2 N–H and O–H groups in total. The van der Waals surface area contributed by atoms with Gasteiger partial charge in [0.05, 0.1) is 6.10 Å². The highest BCUT2D eigenvalue weighted by Crippen LogP contribution is 2.27. The third-order valence-corrected chi connectivity index (χ3v) is 3.73. The Balaban J connectivity index is 2.04. The minimum Gasteiger partial charge on any atom is -0.480 e. The van der Waals surface area contributed by atoms with Gasteiger partial charge in [-0.1, -0.05) is 0 Å². The molecule has 0 spiro atoms. The Morgan fingerprint density at radius 1 is 1.35 bits per heavy atom. The topological polar surface area (TPSA) is 81.1 Å². The second-order valence-corrected chi connectivity index (χ2v) is 4.87. The van der Waals surface area contributed by atoms with Crippen LogP contribution in [0.4, 0.5) is 4.79 Å². The van der Waals surface area contributed by atoms with E-state index in [0.29, 0.717) is 0 Å². The molecule has 0 bridgehead atoms. The number of carbonyl (C=O) groups excluding carboxylic acids is 1. The average Bonchev–Trinajstić information content (AvgIpc) is 2.56. The van der Waals surface area contributed by atoms with Crippen LogP contribution in [0.25, 0.3) is 0 Å². The van der Waals surface area contributed by atoms with Gasteiger partial charge in [0.25, 0.3) is 0 Å². The highest BCUT2D eigenvalue weighted by atomic mass is 16.4. The van der Waals surface area contributed by atoms with Crippen molar-refractivity contribution in [3.63, 3.8) is 0 Å². The summed E-state index contributed by atoms with van der Waals surface area (Å²) in [6, 6.07) is -0.937. The number of aliphatic carboxylic acids is 1. The lowest BCUT2D eigenvalue weighted by Gasteiger charge is -2.37. The van der Waals surface area contributed by atoms with Gasteiger partial charge in [-0.25, -0.2) is 9.59 Å². The number of hydrogen-bond acceptors (Lipinski definition) is 3. The lowest BCUT2D eigenvalue weighted by molar-refractivity contribution is -0.141. The number of urea groups is 1. The maximum absolute atomic E-state index is 12.1. The van der Waals surface area contributed by atoms with Gasteiger partial charge in [0.2, 0.25) is 0 Å². The van der Waals surface area contributed by atoms with Crippen LogP contribution < -0.4 is 0 Å². The van der Waals surface area contributed by atoms with Crippen molar-refractivity contribution in [3.05, 3.63) is 0 Å². The fourth-order valence-corrected chi connectivity index (χ4v) is 2.39. The molecular formula is C11H18N2O4. The third-order valence-electron chi connectivity index (χ3n) is 3.73. The number of carboxylic acids is 1. The van der Waals surface area contributed by atoms with Crippen molar-refractivity contribution in [1.82, 2.24) is 9.80 Å². The minimum absolute atomic E-state index is 0.118. The maximum atomic E-state index is 12.1. The molecule has 6 heteroatoms. The van der Waals surface area contributed by atoms with E-state index in [0.717, 1.165) is 19.3 Å². The quantitative estimate of drug-likeness (QED) is 0.720. The average molecular weight is 242 g/mol. The van der Waals surface area contributed by atoms with Gasteiger partial charge in [-0.15, -0.1) is 0 Å². The smallest absolute Gasteiger partial charge is 0.326 e. The fourth-order valence-electron chi connectivity index (χ4n) is 2.39. The van der Waals surface area contributed by atoms with Crippen LogP contribution in [0.15, 0.2) is 0 Å². The summed E-state index contributed by atoms with van der Waals surface area (Å²) in [6.45, 7) is 0.118. The molecule has 0 aromatic carbocycles. The van der Waals surface area contributed by atoms with Crippen LogP contribution in [0, 0.1) is 0 Å². The molecule has 2 amide bonds. The predicted octanol–water partition coefficient (Wildman–Crippen LogP) is 0.110. The number of carbonyl (C=O) groups is 2. The fraction of sp³-hybridized carbons (Fsp3) is 0.818. The maximum Gasteiger partial charge on any atom is 0.326 e. The summed E-state index contributed by atoms with van der Waals surface area (Å²) in [5.41, 5.74) is 0. The highest BCUT2D eigenvalue weighted by molar-refractivity contribution is 5.83. The molecule has 0 radical (unpaired) electrons. The number of β-amino-alcohol motifs (C(OH)–C–C–N with tert-alkyl or cyclic N) is 1. The molecule has 1 aliphatic carbocycles. The van der Waals surface area contributed by atoms with Gasteiger partial charge in [0.15, 0.2) is 0 Å². The Bertz CT molecular complexity index is 329. The first-order valence-corrected chi connectivity index (χ1v) is 5.95. The Hall–Kier alpha value is -1.30. The molecule has 2 rings (SSSR count). The van der Waals surface area contributed by atoms with E-state index in [1.807, 2.05) is 0 Å². The van der Waals surface area contributed by atoms with Gasteiger partial charge < -0.3 is 20.0 Å². The zero-order valence-corrected chi connectivity index (χ0v) is 9.87. The van der Waals surface area contributed by atoms with Crippen molar-refractivity contribution < 1.29 is 19.8 Å². The van der Waals surface area contributed by atoms with Crippen LogP contribution in [-0.2, 0) is 4.79 Å². The summed E-state index contributed by atoms with van der Waals surface area (Å²) in [5, 5.41) is 18.5. The third kappa shape index (κ3) is 2.22. The second kappa shape index (κ2) is 4.52. The number of aliphatic hydroxyl groups is 1. The summed E-state index contributed by atoms with van der Waals surface area (Å²) >= 11 is 0. The summed E-state index contributed by atoms with van der Waals surface area (Å²) in [6.07, 6.45) is 2.48. The lowest BCUT2D eigenvalue weighted by Crippen LogP contribution is -2.51. The monoisotopic (exact) mass is 242 g/mol. The Kier molecular flexibility index (Phi) is 3.24. The summed E-state index contributed by atoms with van der Waals surface area (Å²) in [4.78, 5) is 26.0. The molecule has 0 aromatic rings. The number of likely N-dealkylation sites (tertiary alicyclic amines) is 1. The van der Waals surface area contributed by atoms with Gasteiger partial charge >= 0.3 is 12.0 Å². The molecule has 1 aliphatic heterocycles. The van der Waals surface area contributed by atoms with Gasteiger partial charge in [-0.3, -0.25) is 0 Å². The summed E-state index contributed by atoms with van der Waals surface area (Å²) in [5.74, 6) is -1.04. The molecule has 96 valence electrons. The number of rotatable bonds is 2. The first-order valence-electron chi connectivity index (χ1n) is 5.95. The molecule has 0 unspecified atom stereocenters. The first kappa shape index (κ1) is 12.2. The van der Waals surface area contributed by atoms with Gasteiger partial charge in [-0.2, -0.15) is 0 Å². The van der Waals surface area contributed by atoms with Crippen molar-refractivity contribution in [2.24, 2.45) is 0 Å². The molecule has 2 fully saturated rings. The SMILES string of the molecule is CN(C(=O)N1C[C@H](O)C[C@@H]1C(=O)O)C1CCC1. The molecule has 17 heavy (non-hydrogen) atoms. The molecule has 0 aromatic heterocycles. The minimum atomic E-state index is -1.04. The molecule has 2 aliphatic rings. The number of amides is 2. The summed E-state index contributed by atoms with van der Waals surface area (Å²) in [7, 11) is 1.70. The van der Waals surface area contributed by atoms with Crippen LogP contribution in [0.3, 0.4) is 0 Å². The Morgan fingerprint density at radius 2 is 2.00 bits per heavy atom. The first-order chi connectivity index (χ1) is 8.00. The van der Waals surface area contributed by atoms with Crippen LogP contribution in [0.5, 0.6) is 0 Å². The van der Waals surface area contributed by atoms with E-state index >= 15 is 0 Å². The van der Waals surface area contributed by atoms with Crippen molar-refractivity contribution in [1.29, 1.82) is 0 Å². The normalized spacial score (nSPS) is 28.9. The lowest BCUT2D eigenvalue weighted by atomic mass is 9.92. The van der Waals surface area contributed by atoms with Gasteiger partial charge in [-0.05, 0) is 19.3 Å². The molecule has 1 heterocycles. The molecule has 1 saturated heterocycles. The van der Waals surface area contributed by atoms with E-state index in [9.17, 15) is 14.7 Å². The van der Waals surface area contributed by atoms with Gasteiger partial charge in [0.1, 0.15) is 6.04 Å². The zero-order chi connectivity index (χ0) is 12.6. The van der Waals surface area contributed by atoms with E-state index in [2.05, 4.69) is 0 Å². The summed E-state index contributed by atoms with van der Waals surface area (Å²) < 4.78 is 0. The van der Waals surface area contributed by atoms with Crippen LogP contribution in [0.2, 0.25) is 0 Å². The van der Waals surface area contributed by atoms with E-state index in [4.69, 9.17) is 5.11 Å². The number of nitrogens with zero attached hydrogens (tertiary/aromatic N) is 2. The largest absolute Gasteiger partial charge is 0.480 e. The molecule has 6 nitrogen and oxygen atoms in total. The van der Waals surface area contributed by atoms with Crippen LogP contribution >= 0.6 is 0 Å². The zero-order valence-electron chi connectivity index (χ0n) is 9.87. The van der Waals surface area contributed by atoms with Crippen molar-refractivity contribution in [2.75, 3.05) is 13.6 Å². The Labute approximate surface area is 99.8 Å². The number of carboxylic acid groups (broad SMARTS) is 1. The van der Waals surface area contributed by atoms with Crippen LogP contribution in [-0.4, -0.2) is 63.8 Å². The molecule has 2 atom stereocenters. The van der Waals surface area contributed by atoms with Crippen LogP contribution in [0.1, 0.15) is 25.7 Å². The van der Waals surface area contributed by atoms with E-state index < -0.39 is 18.1 Å². The Morgan fingerprint density at radius 3 is 2.47 bits per heavy atom. The van der Waals surface area contributed by atoms with E-state index in [1.54, 1.807) is 11.9 Å². The van der Waals surface area contributed by atoms with Crippen molar-refractivity contribution >= 4 is 12.0 Å². The standard InChI is InChI=1S/C11H18N2O4/c1-12(7-3-2-4-7)11(17)13-6-8(14)5-9(13)10(15)16/h7-9,14H,2-6H2,1H3,(H,15,16)/t8-,9-/m1/s1. The van der Waals surface area contributed by atoms with Crippen molar-refractivity contribution in [3.8, 4) is 0 Å². The van der Waals surface area contributed by atoms with Crippen molar-refractivity contribution in [2.45, 2.75) is 43.9 Å².